The number of hydrogen-bond acceptors (Lipinski definition) is 10. The number of carbonyl (C=O) groups excluding carboxylic acids is 3. The van der Waals surface area contributed by atoms with Crippen LogP contribution in [0.15, 0.2) is 25.3 Å². The molecule has 2 saturated heterocycles. The van der Waals surface area contributed by atoms with E-state index in [4.69, 9.17) is 4.74 Å². The largest absolute Gasteiger partial charge is 0.465 e. The van der Waals surface area contributed by atoms with Gasteiger partial charge in [-0.1, -0.05) is 25.0 Å². The minimum atomic E-state index is -1.15. The number of nitrogens with zero attached hydrogens (tertiary/aromatic N) is 6. The summed E-state index contributed by atoms with van der Waals surface area (Å²) in [4.78, 5) is 59.2. The molecular formula is C27H40N8O4. The number of piperazine rings is 1. The summed E-state index contributed by atoms with van der Waals surface area (Å²) in [6.45, 7) is 13.0. The number of carbonyl (C=O) groups is 3. The summed E-state index contributed by atoms with van der Waals surface area (Å²) in [5.74, 6) is 0.651. The predicted molar refractivity (Wildman–Crippen MR) is 148 cm³/mol. The first kappa shape index (κ1) is 28.3. The van der Waals surface area contributed by atoms with E-state index in [0.29, 0.717) is 82.9 Å². The first-order valence-electron chi connectivity index (χ1n) is 13.9. The molecule has 3 fully saturated rings. The number of nitrogens with one attached hydrogen (secondary N) is 2. The summed E-state index contributed by atoms with van der Waals surface area (Å²) < 4.78 is 5.31. The van der Waals surface area contributed by atoms with E-state index >= 15 is 0 Å². The lowest BCUT2D eigenvalue weighted by Gasteiger charge is -2.38. The van der Waals surface area contributed by atoms with Gasteiger partial charge in [0.2, 0.25) is 29.7 Å². The molecule has 0 bridgehead atoms. The van der Waals surface area contributed by atoms with Crippen molar-refractivity contribution in [1.82, 2.24) is 24.8 Å². The number of aromatic nitrogens is 3. The van der Waals surface area contributed by atoms with Crippen molar-refractivity contribution in [2.45, 2.75) is 51.5 Å². The fourth-order valence-electron chi connectivity index (χ4n) is 5.62. The molecule has 1 saturated carbocycles. The third-order valence-corrected chi connectivity index (χ3v) is 7.64. The zero-order chi connectivity index (χ0) is 27.8. The van der Waals surface area contributed by atoms with E-state index < -0.39 is 17.4 Å². The van der Waals surface area contributed by atoms with Gasteiger partial charge in [0.15, 0.2) is 0 Å². The van der Waals surface area contributed by atoms with Crippen molar-refractivity contribution in [3.05, 3.63) is 25.3 Å². The Hall–Kier alpha value is -3.70. The summed E-state index contributed by atoms with van der Waals surface area (Å²) >= 11 is 0. The van der Waals surface area contributed by atoms with Gasteiger partial charge < -0.3 is 30.1 Å². The second kappa shape index (κ2) is 12.9. The Labute approximate surface area is 229 Å². The van der Waals surface area contributed by atoms with E-state index in [9.17, 15) is 14.4 Å². The second-order valence-electron chi connectivity index (χ2n) is 10.1. The van der Waals surface area contributed by atoms with E-state index in [-0.39, 0.29) is 18.4 Å². The molecule has 0 radical (unpaired) electrons. The summed E-state index contributed by atoms with van der Waals surface area (Å²) in [5.41, 5.74) is -1.15. The molecular weight excluding hydrogens is 500 g/mol. The van der Waals surface area contributed by atoms with Crippen LogP contribution in [0.3, 0.4) is 0 Å². The number of hydrogen-bond donors (Lipinski definition) is 2. The minimum absolute atomic E-state index is 0.0603. The van der Waals surface area contributed by atoms with E-state index in [0.717, 1.165) is 19.3 Å². The molecule has 1 unspecified atom stereocenters. The molecule has 0 spiro atoms. The molecule has 2 amide bonds. The molecule has 3 aliphatic rings. The highest BCUT2D eigenvalue weighted by Gasteiger charge is 2.53. The Morgan fingerprint density at radius 3 is 2.13 bits per heavy atom. The average molecular weight is 541 g/mol. The van der Waals surface area contributed by atoms with E-state index in [1.54, 1.807) is 24.0 Å². The van der Waals surface area contributed by atoms with E-state index in [1.807, 2.05) is 9.80 Å². The lowest BCUT2D eigenvalue weighted by atomic mass is 9.84. The van der Waals surface area contributed by atoms with Crippen LogP contribution in [0.4, 0.5) is 17.8 Å². The van der Waals surface area contributed by atoms with Gasteiger partial charge >= 0.3 is 5.97 Å². The first-order chi connectivity index (χ1) is 18.9. The van der Waals surface area contributed by atoms with Crippen LogP contribution in [-0.4, -0.2) is 101 Å². The molecule has 1 atom stereocenters. The van der Waals surface area contributed by atoms with Crippen molar-refractivity contribution in [2.75, 3.05) is 68.0 Å². The van der Waals surface area contributed by atoms with Gasteiger partial charge in [-0.05, 0) is 32.6 Å². The maximum atomic E-state index is 13.7. The van der Waals surface area contributed by atoms with E-state index in [2.05, 4.69) is 38.7 Å². The maximum Gasteiger partial charge on any atom is 0.321 e. The number of anilines is 3. The molecule has 12 heteroatoms. The number of ether oxygens (including phenoxy) is 1. The van der Waals surface area contributed by atoms with Gasteiger partial charge in [-0.2, -0.15) is 15.0 Å². The summed E-state index contributed by atoms with van der Waals surface area (Å²) in [7, 11) is 0. The predicted octanol–water partition coefficient (Wildman–Crippen LogP) is 1.83. The maximum absolute atomic E-state index is 13.7. The lowest BCUT2D eigenvalue weighted by molar-refractivity contribution is -0.167. The van der Waals surface area contributed by atoms with Crippen molar-refractivity contribution < 1.29 is 19.1 Å². The molecule has 12 nitrogen and oxygen atoms in total. The van der Waals surface area contributed by atoms with Gasteiger partial charge in [-0.15, -0.1) is 13.2 Å². The van der Waals surface area contributed by atoms with Crippen molar-refractivity contribution in [2.24, 2.45) is 5.41 Å². The monoisotopic (exact) mass is 540 g/mol. The molecule has 2 N–H and O–H groups in total. The quantitative estimate of drug-likeness (QED) is 0.243. The van der Waals surface area contributed by atoms with Gasteiger partial charge in [-0.25, -0.2) is 0 Å². The highest BCUT2D eigenvalue weighted by atomic mass is 16.5. The zero-order valence-corrected chi connectivity index (χ0v) is 22.9. The second-order valence-corrected chi connectivity index (χ2v) is 10.1. The summed E-state index contributed by atoms with van der Waals surface area (Å²) in [6.07, 6.45) is 7.39. The van der Waals surface area contributed by atoms with Crippen molar-refractivity contribution >= 4 is 35.6 Å². The van der Waals surface area contributed by atoms with E-state index in [1.165, 1.54) is 0 Å². The molecule has 1 aromatic heterocycles. The lowest BCUT2D eigenvalue weighted by Crippen LogP contribution is -2.57. The van der Waals surface area contributed by atoms with Gasteiger partial charge in [-0.3, -0.25) is 14.4 Å². The molecule has 1 aliphatic carbocycles. The number of esters is 1. The van der Waals surface area contributed by atoms with Gasteiger partial charge in [0.1, 0.15) is 11.5 Å². The van der Waals surface area contributed by atoms with Crippen LogP contribution in [0.5, 0.6) is 0 Å². The molecule has 212 valence electrons. The summed E-state index contributed by atoms with van der Waals surface area (Å²) in [6, 6.07) is -0.544. The van der Waals surface area contributed by atoms with Crippen LogP contribution in [0.25, 0.3) is 0 Å². The van der Waals surface area contributed by atoms with Gasteiger partial charge in [0.05, 0.1) is 6.61 Å². The van der Waals surface area contributed by atoms with Crippen LogP contribution < -0.4 is 15.5 Å². The van der Waals surface area contributed by atoms with Crippen LogP contribution in [0.2, 0.25) is 0 Å². The first-order valence-corrected chi connectivity index (χ1v) is 13.9. The van der Waals surface area contributed by atoms with Gasteiger partial charge in [0, 0.05) is 45.8 Å². The molecule has 2 aliphatic heterocycles. The minimum Gasteiger partial charge on any atom is -0.465 e. The Balaban J connectivity index is 1.42. The summed E-state index contributed by atoms with van der Waals surface area (Å²) in [5, 5.41) is 6.21. The normalized spacial score (nSPS) is 20.4. The van der Waals surface area contributed by atoms with Crippen LogP contribution in [0, 0.1) is 5.41 Å². The average Bonchev–Trinajstić information content (AvgIpc) is 3.66. The standard InChI is InChI=1S/C27H40N8O4/c1-4-13-28-24-30-25(29-14-5-2)32-26(31-24)34-18-16-33(17-19-34)21(36)20-10-9-15-35(20)22(37)27(11-7-8-12-27)23(38)39-6-3/h4-5,20H,1-2,6-19H2,3H3,(H2,28,29,30,31,32). The Morgan fingerprint density at radius 2 is 1.56 bits per heavy atom. The third kappa shape index (κ3) is 6.15. The van der Waals surface area contributed by atoms with Crippen molar-refractivity contribution in [3.8, 4) is 0 Å². The fourth-order valence-corrected chi connectivity index (χ4v) is 5.62. The topological polar surface area (TPSA) is 133 Å². The van der Waals surface area contributed by atoms with Gasteiger partial charge in [0.25, 0.3) is 0 Å². The Bertz CT molecular complexity index is 1040. The smallest absolute Gasteiger partial charge is 0.321 e. The highest BCUT2D eigenvalue weighted by molar-refractivity contribution is 6.04. The van der Waals surface area contributed by atoms with Crippen molar-refractivity contribution in [3.63, 3.8) is 0 Å². The molecule has 0 aromatic carbocycles. The molecule has 3 heterocycles. The third-order valence-electron chi connectivity index (χ3n) is 7.64. The Kier molecular flexibility index (Phi) is 9.36. The molecule has 1 aromatic rings. The van der Waals surface area contributed by atoms with Crippen LogP contribution in [0.1, 0.15) is 45.4 Å². The molecule has 4 rings (SSSR count). The fraction of sp³-hybridized carbons (Fsp3) is 0.630. The number of amides is 2. The zero-order valence-electron chi connectivity index (χ0n) is 22.9. The molecule has 39 heavy (non-hydrogen) atoms. The van der Waals surface area contributed by atoms with Crippen LogP contribution in [-0.2, 0) is 19.1 Å². The van der Waals surface area contributed by atoms with Crippen molar-refractivity contribution in [1.29, 1.82) is 0 Å². The highest BCUT2D eigenvalue weighted by Crippen LogP contribution is 2.42. The van der Waals surface area contributed by atoms with Crippen LogP contribution >= 0.6 is 0 Å². The number of likely N-dealkylation sites (tertiary alicyclic amines) is 1. The number of rotatable bonds is 11. The Morgan fingerprint density at radius 1 is 0.949 bits per heavy atom. The SMILES string of the molecule is C=CCNc1nc(NCC=C)nc(N2CCN(C(=O)C3CCCN3C(=O)C3(C(=O)OCC)CCCC3)CC2)n1.